The van der Waals surface area contributed by atoms with Crippen molar-refractivity contribution in [1.29, 1.82) is 0 Å². The molecule has 0 amide bonds. The predicted octanol–water partition coefficient (Wildman–Crippen LogP) is 1.77. The first-order valence-corrected chi connectivity index (χ1v) is 7.90. The molecule has 116 valence electrons. The molecule has 0 aliphatic rings. The highest BCUT2D eigenvalue weighted by Gasteiger charge is 2.15. The van der Waals surface area contributed by atoms with Crippen LogP contribution in [0.2, 0.25) is 0 Å². The zero-order valence-corrected chi connectivity index (χ0v) is 13.1. The number of hydrogen-bond acceptors (Lipinski definition) is 6. The highest BCUT2D eigenvalue weighted by molar-refractivity contribution is 7.98. The molecule has 2 rings (SSSR count). The van der Waals surface area contributed by atoms with E-state index in [1.165, 1.54) is 11.8 Å². The van der Waals surface area contributed by atoms with Gasteiger partial charge in [-0.15, -0.1) is 4.73 Å². The van der Waals surface area contributed by atoms with Gasteiger partial charge in [0.15, 0.2) is 5.69 Å². The summed E-state index contributed by atoms with van der Waals surface area (Å²) < 4.78 is 5.94. The lowest BCUT2D eigenvalue weighted by molar-refractivity contribution is 0.0496. The van der Waals surface area contributed by atoms with Gasteiger partial charge in [0.1, 0.15) is 6.61 Å². The summed E-state index contributed by atoms with van der Waals surface area (Å²) in [5, 5.41) is 0.298. The number of benzene rings is 1. The van der Waals surface area contributed by atoms with Gasteiger partial charge < -0.3 is 9.57 Å². The molecule has 0 N–H and O–H groups in total. The second kappa shape index (κ2) is 7.65. The van der Waals surface area contributed by atoms with Crippen molar-refractivity contribution < 1.29 is 14.4 Å². The topological polar surface area (TPSA) is 70.4 Å². The second-order valence-corrected chi connectivity index (χ2v) is 5.01. The largest absolute Gasteiger partial charge is 0.461 e. The van der Waals surface area contributed by atoms with Crippen LogP contribution in [0.1, 0.15) is 23.0 Å². The van der Waals surface area contributed by atoms with Gasteiger partial charge in [-0.05, 0) is 18.7 Å². The maximum atomic E-state index is 12.1. The van der Waals surface area contributed by atoms with Crippen molar-refractivity contribution in [3.05, 3.63) is 58.0 Å². The van der Waals surface area contributed by atoms with Gasteiger partial charge in [-0.25, -0.2) is 9.78 Å². The Labute approximate surface area is 132 Å². The van der Waals surface area contributed by atoms with E-state index in [2.05, 4.69) is 4.98 Å². The van der Waals surface area contributed by atoms with Crippen LogP contribution < -0.4 is 10.4 Å². The molecule has 6 nitrogen and oxygen atoms in total. The van der Waals surface area contributed by atoms with Crippen LogP contribution >= 0.6 is 11.8 Å². The summed E-state index contributed by atoms with van der Waals surface area (Å²) in [4.78, 5) is 33.4. The molecule has 22 heavy (non-hydrogen) atoms. The number of thioether (sulfide) groups is 1. The minimum atomic E-state index is -0.620. The fourth-order valence-electron chi connectivity index (χ4n) is 1.72. The Bertz CT molecular complexity index is 700. The summed E-state index contributed by atoms with van der Waals surface area (Å²) >= 11 is 1.21. The summed E-state index contributed by atoms with van der Waals surface area (Å²) in [6.45, 7) is 2.15. The molecular weight excluding hydrogens is 304 g/mol. The number of carbonyl (C=O) groups is 1. The van der Waals surface area contributed by atoms with Crippen molar-refractivity contribution in [2.24, 2.45) is 0 Å². The molecule has 1 aromatic carbocycles. The standard InChI is InChI=1S/C15H16N2O4S/c1-3-20-14(19)12-9-13(18)17(15(16-12)22-2)21-10-11-7-5-4-6-8-11/h4-9H,3,10H2,1-2H3. The van der Waals surface area contributed by atoms with Crippen molar-refractivity contribution >= 4 is 17.7 Å². The maximum absolute atomic E-state index is 12.1. The Hall–Kier alpha value is -2.28. The molecule has 1 aromatic heterocycles. The Morgan fingerprint density at radius 2 is 2.05 bits per heavy atom. The van der Waals surface area contributed by atoms with Crippen LogP contribution in [0.15, 0.2) is 46.3 Å². The quantitative estimate of drug-likeness (QED) is 0.459. The Morgan fingerprint density at radius 3 is 2.68 bits per heavy atom. The van der Waals surface area contributed by atoms with Crippen LogP contribution in [0.5, 0.6) is 0 Å². The van der Waals surface area contributed by atoms with Gasteiger partial charge in [0, 0.05) is 6.07 Å². The number of esters is 1. The normalized spacial score (nSPS) is 10.3. The molecule has 0 radical (unpaired) electrons. The van der Waals surface area contributed by atoms with Crippen LogP contribution in [-0.2, 0) is 11.3 Å². The SMILES string of the molecule is CCOC(=O)c1cc(=O)n(OCc2ccccc2)c(SC)n1. The van der Waals surface area contributed by atoms with E-state index < -0.39 is 11.5 Å². The number of hydrogen-bond donors (Lipinski definition) is 0. The molecule has 0 saturated carbocycles. The van der Waals surface area contributed by atoms with Crippen molar-refractivity contribution in [2.45, 2.75) is 18.7 Å². The van der Waals surface area contributed by atoms with Crippen LogP contribution in [0.3, 0.4) is 0 Å². The highest BCUT2D eigenvalue weighted by Crippen LogP contribution is 2.10. The van der Waals surface area contributed by atoms with Gasteiger partial charge in [-0.1, -0.05) is 42.1 Å². The summed E-state index contributed by atoms with van der Waals surface area (Å²) in [5.74, 6) is -0.620. The first kappa shape index (κ1) is 16.1. The number of carbonyl (C=O) groups excluding carboxylic acids is 1. The van der Waals surface area contributed by atoms with E-state index in [1.807, 2.05) is 30.3 Å². The zero-order chi connectivity index (χ0) is 15.9. The molecule has 1 heterocycles. The molecule has 0 bridgehead atoms. The van der Waals surface area contributed by atoms with E-state index in [0.717, 1.165) is 16.4 Å². The summed E-state index contributed by atoms with van der Waals surface area (Å²) in [6.07, 6.45) is 1.75. The van der Waals surface area contributed by atoms with E-state index >= 15 is 0 Å². The Balaban J connectivity index is 2.24. The average molecular weight is 320 g/mol. The minimum Gasteiger partial charge on any atom is -0.461 e. The van der Waals surface area contributed by atoms with E-state index in [0.29, 0.717) is 5.16 Å². The van der Waals surface area contributed by atoms with Gasteiger partial charge in [0.2, 0.25) is 5.16 Å². The molecule has 0 saturated heterocycles. The molecule has 0 aliphatic heterocycles. The smallest absolute Gasteiger partial charge is 0.357 e. The minimum absolute atomic E-state index is 0.0178. The van der Waals surface area contributed by atoms with Gasteiger partial charge >= 0.3 is 5.97 Å². The maximum Gasteiger partial charge on any atom is 0.357 e. The van der Waals surface area contributed by atoms with Gasteiger partial charge in [-0.3, -0.25) is 4.79 Å². The van der Waals surface area contributed by atoms with E-state index in [1.54, 1.807) is 13.2 Å². The fraction of sp³-hybridized carbons (Fsp3) is 0.267. The fourth-order valence-corrected chi connectivity index (χ4v) is 2.22. The van der Waals surface area contributed by atoms with Crippen LogP contribution in [0.25, 0.3) is 0 Å². The van der Waals surface area contributed by atoms with Crippen LogP contribution in [-0.4, -0.2) is 28.5 Å². The lowest BCUT2D eigenvalue weighted by Gasteiger charge is -2.12. The third kappa shape index (κ3) is 3.88. The van der Waals surface area contributed by atoms with Crippen molar-refractivity contribution in [1.82, 2.24) is 9.71 Å². The molecule has 2 aromatic rings. The van der Waals surface area contributed by atoms with Crippen molar-refractivity contribution in [3.63, 3.8) is 0 Å². The number of nitrogens with zero attached hydrogens (tertiary/aromatic N) is 2. The van der Waals surface area contributed by atoms with Gasteiger partial charge in [0.05, 0.1) is 6.61 Å². The summed E-state index contributed by atoms with van der Waals surface area (Å²) in [6, 6.07) is 10.6. The predicted molar refractivity (Wildman–Crippen MR) is 83.0 cm³/mol. The van der Waals surface area contributed by atoms with E-state index in [9.17, 15) is 9.59 Å². The van der Waals surface area contributed by atoms with Gasteiger partial charge in [-0.2, -0.15) is 0 Å². The van der Waals surface area contributed by atoms with Crippen molar-refractivity contribution in [3.8, 4) is 0 Å². The summed E-state index contributed by atoms with van der Waals surface area (Å²) in [7, 11) is 0. The summed E-state index contributed by atoms with van der Waals surface area (Å²) in [5.41, 5.74) is 0.449. The van der Waals surface area contributed by atoms with Crippen molar-refractivity contribution in [2.75, 3.05) is 12.9 Å². The second-order valence-electron chi connectivity index (χ2n) is 4.24. The number of aromatic nitrogens is 2. The first-order chi connectivity index (χ1) is 10.7. The van der Waals surface area contributed by atoms with E-state index in [4.69, 9.17) is 9.57 Å². The number of rotatable bonds is 6. The molecule has 0 fully saturated rings. The third-order valence-corrected chi connectivity index (χ3v) is 3.34. The van der Waals surface area contributed by atoms with E-state index in [-0.39, 0.29) is 18.9 Å². The molecule has 0 aliphatic carbocycles. The van der Waals surface area contributed by atoms with Crippen LogP contribution in [0, 0.1) is 0 Å². The molecule has 0 spiro atoms. The number of ether oxygens (including phenoxy) is 1. The lowest BCUT2D eigenvalue weighted by Crippen LogP contribution is -2.30. The van der Waals surface area contributed by atoms with Crippen LogP contribution in [0.4, 0.5) is 0 Å². The monoisotopic (exact) mass is 320 g/mol. The molecule has 0 unspecified atom stereocenters. The molecular formula is C15H16N2O4S. The molecule has 0 atom stereocenters. The third-order valence-electron chi connectivity index (χ3n) is 2.72. The Kier molecular flexibility index (Phi) is 5.60. The zero-order valence-electron chi connectivity index (χ0n) is 12.3. The van der Waals surface area contributed by atoms with Gasteiger partial charge in [0.25, 0.3) is 5.56 Å². The highest BCUT2D eigenvalue weighted by atomic mass is 32.2. The first-order valence-electron chi connectivity index (χ1n) is 6.68. The average Bonchev–Trinajstić information content (AvgIpc) is 2.54. The lowest BCUT2D eigenvalue weighted by atomic mass is 10.2. The molecule has 7 heteroatoms. The Morgan fingerprint density at radius 1 is 1.32 bits per heavy atom.